The van der Waals surface area contributed by atoms with Crippen LogP contribution in [0.3, 0.4) is 0 Å². The van der Waals surface area contributed by atoms with Crippen LogP contribution >= 0.6 is 0 Å². The lowest BCUT2D eigenvalue weighted by Crippen LogP contribution is -2.61. The van der Waals surface area contributed by atoms with Crippen LogP contribution in [0.15, 0.2) is 41.3 Å². The van der Waals surface area contributed by atoms with E-state index in [4.69, 9.17) is 11.5 Å². The predicted octanol–water partition coefficient (Wildman–Crippen LogP) is 0.858. The highest BCUT2D eigenvalue weighted by molar-refractivity contribution is 5.89. The van der Waals surface area contributed by atoms with Crippen molar-refractivity contribution >= 4 is 17.8 Å². The van der Waals surface area contributed by atoms with Gasteiger partial charge in [0.1, 0.15) is 5.82 Å². The molecule has 38 heavy (non-hydrogen) atoms. The number of nitrogens with two attached hydrogens (primary N) is 2. The fourth-order valence-corrected chi connectivity index (χ4v) is 5.12. The molecular weight excluding hydrogens is 484 g/mol. The molecular formula is C27H40N8O3. The number of benzene rings is 1. The maximum atomic E-state index is 12.9. The van der Waals surface area contributed by atoms with Crippen molar-refractivity contribution in [1.29, 1.82) is 0 Å². The first-order valence-electron chi connectivity index (χ1n) is 13.3. The van der Waals surface area contributed by atoms with E-state index in [-0.39, 0.29) is 23.8 Å². The van der Waals surface area contributed by atoms with Gasteiger partial charge in [-0.3, -0.25) is 14.7 Å². The lowest BCUT2D eigenvalue weighted by Gasteiger charge is -2.41. The topological polar surface area (TPSA) is 143 Å². The van der Waals surface area contributed by atoms with E-state index in [1.54, 1.807) is 35.9 Å². The summed E-state index contributed by atoms with van der Waals surface area (Å²) in [5.74, 6) is 0.649. The summed E-state index contributed by atoms with van der Waals surface area (Å²) in [4.78, 5) is 47.9. The lowest BCUT2D eigenvalue weighted by atomic mass is 10.0. The molecule has 2 fully saturated rings. The molecule has 4 rings (SSSR count). The Balaban J connectivity index is 1.32. The van der Waals surface area contributed by atoms with E-state index in [9.17, 15) is 14.4 Å². The van der Waals surface area contributed by atoms with Gasteiger partial charge in [-0.05, 0) is 76.4 Å². The van der Waals surface area contributed by atoms with Gasteiger partial charge < -0.3 is 26.2 Å². The average molecular weight is 525 g/mol. The molecule has 2 aromatic rings. The Morgan fingerprint density at radius 2 is 1.84 bits per heavy atom. The van der Waals surface area contributed by atoms with E-state index in [1.807, 2.05) is 31.2 Å². The van der Waals surface area contributed by atoms with Crippen LogP contribution in [0.25, 0.3) is 5.69 Å². The van der Waals surface area contributed by atoms with Crippen LogP contribution in [0, 0.1) is 5.92 Å². The van der Waals surface area contributed by atoms with E-state index < -0.39 is 11.2 Å². The van der Waals surface area contributed by atoms with Crippen molar-refractivity contribution in [3.63, 3.8) is 0 Å². The number of nitrogens with one attached hydrogen (secondary N) is 1. The SMILES string of the molecule is C[C@@H]1CN(C(=O)C(C)(C)N)CCN1C(=O)Nc1ccn(-c2ccc(CCN3CCC(CN)C3)cc2)c(=O)n1. The largest absolute Gasteiger partial charge is 0.354 e. The van der Waals surface area contributed by atoms with E-state index in [2.05, 4.69) is 15.2 Å². The Morgan fingerprint density at radius 1 is 1.11 bits per heavy atom. The van der Waals surface area contributed by atoms with Crippen LogP contribution in [0.2, 0.25) is 0 Å². The molecule has 0 radical (unpaired) electrons. The molecule has 0 spiro atoms. The Morgan fingerprint density at radius 3 is 2.45 bits per heavy atom. The van der Waals surface area contributed by atoms with Gasteiger partial charge in [0.25, 0.3) is 0 Å². The molecule has 0 saturated carbocycles. The highest BCUT2D eigenvalue weighted by atomic mass is 16.2. The third-order valence-electron chi connectivity index (χ3n) is 7.40. The van der Waals surface area contributed by atoms with Crippen molar-refractivity contribution < 1.29 is 9.59 Å². The molecule has 2 saturated heterocycles. The van der Waals surface area contributed by atoms with E-state index in [0.717, 1.165) is 32.6 Å². The minimum atomic E-state index is -0.958. The number of carbonyl (C=O) groups is 2. The molecule has 11 heteroatoms. The highest BCUT2D eigenvalue weighted by Crippen LogP contribution is 2.17. The normalized spacial score (nSPS) is 20.6. The van der Waals surface area contributed by atoms with Gasteiger partial charge in [-0.25, -0.2) is 9.59 Å². The summed E-state index contributed by atoms with van der Waals surface area (Å²) in [5.41, 5.74) is 12.2. The zero-order chi connectivity index (χ0) is 27.4. The number of anilines is 1. The number of piperazine rings is 1. The first-order chi connectivity index (χ1) is 18.0. The molecule has 0 aliphatic carbocycles. The van der Waals surface area contributed by atoms with Gasteiger partial charge in [0, 0.05) is 45.0 Å². The van der Waals surface area contributed by atoms with Crippen molar-refractivity contribution in [3.05, 3.63) is 52.6 Å². The standard InChI is InChI=1S/C27H40N8O3/c1-19-17-33(24(36)27(2,3)29)14-15-34(19)25(37)30-23-10-13-35(26(38)31-23)22-6-4-20(5-7-22)8-11-32-12-9-21(16-28)18-32/h4-7,10,13,19,21H,8-9,11-12,14-18,28-29H2,1-3H3,(H,30,31,37,38)/t19-,21?/m1/s1. The number of hydrogen-bond acceptors (Lipinski definition) is 7. The van der Waals surface area contributed by atoms with Crippen LogP contribution in [-0.4, -0.2) is 93.6 Å². The van der Waals surface area contributed by atoms with Gasteiger partial charge in [0.15, 0.2) is 0 Å². The summed E-state index contributed by atoms with van der Waals surface area (Å²) in [6.07, 6.45) is 3.73. The molecule has 206 valence electrons. The zero-order valence-corrected chi connectivity index (χ0v) is 22.6. The van der Waals surface area contributed by atoms with Crippen molar-refractivity contribution in [1.82, 2.24) is 24.3 Å². The maximum Gasteiger partial charge on any atom is 0.354 e. The van der Waals surface area contributed by atoms with Crippen LogP contribution in [0.1, 0.15) is 32.8 Å². The molecule has 1 unspecified atom stereocenters. The first-order valence-corrected chi connectivity index (χ1v) is 13.3. The second-order valence-corrected chi connectivity index (χ2v) is 11.0. The highest BCUT2D eigenvalue weighted by Gasteiger charge is 2.34. The minimum Gasteiger partial charge on any atom is -0.337 e. The molecule has 5 N–H and O–H groups in total. The number of nitrogens with zero attached hydrogens (tertiary/aromatic N) is 5. The molecule has 3 amide bonds. The van der Waals surface area contributed by atoms with Gasteiger partial charge in [-0.15, -0.1) is 0 Å². The second-order valence-electron chi connectivity index (χ2n) is 11.0. The fourth-order valence-electron chi connectivity index (χ4n) is 5.12. The molecule has 0 bridgehead atoms. The summed E-state index contributed by atoms with van der Waals surface area (Å²) >= 11 is 0. The summed E-state index contributed by atoms with van der Waals surface area (Å²) in [6, 6.07) is 8.93. The summed E-state index contributed by atoms with van der Waals surface area (Å²) in [7, 11) is 0. The first kappa shape index (κ1) is 27.7. The number of hydrogen-bond donors (Lipinski definition) is 3. The number of carbonyl (C=O) groups excluding carboxylic acids is 2. The van der Waals surface area contributed by atoms with E-state index in [1.165, 1.54) is 16.6 Å². The third-order valence-corrected chi connectivity index (χ3v) is 7.40. The fraction of sp³-hybridized carbons (Fsp3) is 0.556. The zero-order valence-electron chi connectivity index (χ0n) is 22.6. The van der Waals surface area contributed by atoms with Crippen LogP contribution in [0.4, 0.5) is 10.6 Å². The molecule has 2 aliphatic heterocycles. The number of likely N-dealkylation sites (tertiary alicyclic amines) is 1. The third kappa shape index (κ3) is 6.58. The second kappa shape index (κ2) is 11.6. The Bertz CT molecular complexity index is 1190. The Hall–Kier alpha value is -3.28. The smallest absolute Gasteiger partial charge is 0.337 e. The molecule has 11 nitrogen and oxygen atoms in total. The summed E-state index contributed by atoms with van der Waals surface area (Å²) < 4.78 is 1.45. The van der Waals surface area contributed by atoms with Gasteiger partial charge in [0.05, 0.1) is 11.2 Å². The quantitative estimate of drug-likeness (QED) is 0.487. The average Bonchev–Trinajstić information content (AvgIpc) is 3.35. The molecule has 1 aromatic carbocycles. The van der Waals surface area contributed by atoms with Crippen LogP contribution < -0.4 is 22.5 Å². The van der Waals surface area contributed by atoms with Crippen LogP contribution in [0.5, 0.6) is 0 Å². The molecule has 2 atom stereocenters. The lowest BCUT2D eigenvalue weighted by molar-refractivity contribution is -0.138. The Kier molecular flexibility index (Phi) is 8.49. The van der Waals surface area contributed by atoms with E-state index in [0.29, 0.717) is 31.2 Å². The predicted molar refractivity (Wildman–Crippen MR) is 147 cm³/mol. The van der Waals surface area contributed by atoms with E-state index >= 15 is 0 Å². The van der Waals surface area contributed by atoms with Gasteiger partial charge >= 0.3 is 11.7 Å². The maximum absolute atomic E-state index is 12.9. The number of urea groups is 1. The molecule has 3 heterocycles. The Labute approximate surface area is 223 Å². The number of aromatic nitrogens is 2. The van der Waals surface area contributed by atoms with Gasteiger partial charge in [-0.2, -0.15) is 4.98 Å². The minimum absolute atomic E-state index is 0.144. The summed E-state index contributed by atoms with van der Waals surface area (Å²) in [6.45, 7) is 10.3. The number of rotatable bonds is 7. The van der Waals surface area contributed by atoms with Crippen molar-refractivity contribution in [3.8, 4) is 5.69 Å². The molecule has 2 aliphatic rings. The van der Waals surface area contributed by atoms with Gasteiger partial charge in [0.2, 0.25) is 5.91 Å². The number of amides is 3. The molecule has 1 aromatic heterocycles. The van der Waals surface area contributed by atoms with Crippen molar-refractivity contribution in [2.75, 3.05) is 51.1 Å². The monoisotopic (exact) mass is 524 g/mol. The van der Waals surface area contributed by atoms with Crippen molar-refractivity contribution in [2.24, 2.45) is 17.4 Å². The van der Waals surface area contributed by atoms with Crippen molar-refractivity contribution in [2.45, 2.75) is 45.2 Å². The van der Waals surface area contributed by atoms with Crippen LogP contribution in [-0.2, 0) is 11.2 Å². The van der Waals surface area contributed by atoms with Gasteiger partial charge in [-0.1, -0.05) is 12.1 Å². The summed E-state index contributed by atoms with van der Waals surface area (Å²) in [5, 5.41) is 2.72.